The summed E-state index contributed by atoms with van der Waals surface area (Å²) in [4.78, 5) is 6.00. The number of halogens is 1. The van der Waals surface area contributed by atoms with Gasteiger partial charge in [-0.3, -0.25) is 4.84 Å². The van der Waals surface area contributed by atoms with Crippen molar-refractivity contribution in [1.82, 2.24) is 5.06 Å². The molecule has 0 bridgehead atoms. The van der Waals surface area contributed by atoms with Crippen LogP contribution in [0.2, 0.25) is 0 Å². The third-order valence-corrected chi connectivity index (χ3v) is 3.49. The van der Waals surface area contributed by atoms with E-state index in [2.05, 4.69) is 36.7 Å². The molecule has 3 unspecified atom stereocenters. The Labute approximate surface area is 70.6 Å². The molecule has 1 fully saturated rings. The Morgan fingerprint density at radius 2 is 2.10 bits per heavy atom. The topological polar surface area (TPSA) is 12.5 Å². The van der Waals surface area contributed by atoms with Gasteiger partial charge in [-0.2, -0.15) is 5.06 Å². The summed E-state index contributed by atoms with van der Waals surface area (Å²) >= 11 is 3.58. The molecule has 0 saturated carbocycles. The van der Waals surface area contributed by atoms with Crippen molar-refractivity contribution in [2.24, 2.45) is 0 Å². The van der Waals surface area contributed by atoms with Gasteiger partial charge in [0, 0.05) is 12.6 Å². The molecule has 1 rings (SSSR count). The number of hydroxylamine groups is 2. The van der Waals surface area contributed by atoms with E-state index in [-0.39, 0.29) is 0 Å². The van der Waals surface area contributed by atoms with Crippen LogP contribution in [0.3, 0.4) is 0 Å². The molecular weight excluding hydrogens is 194 g/mol. The van der Waals surface area contributed by atoms with Gasteiger partial charge in [0.25, 0.3) is 0 Å². The highest BCUT2D eigenvalue weighted by Gasteiger charge is 2.34. The standard InChI is InChI=1S/C7H14BrNO/c1-4-9-5(2)7(8)6(3)10-9/h5-7H,4H2,1-3H3. The zero-order valence-corrected chi connectivity index (χ0v) is 8.26. The summed E-state index contributed by atoms with van der Waals surface area (Å²) in [6.45, 7) is 7.33. The third kappa shape index (κ3) is 1.36. The molecule has 10 heavy (non-hydrogen) atoms. The second-order valence-electron chi connectivity index (χ2n) is 2.73. The lowest BCUT2D eigenvalue weighted by Crippen LogP contribution is -2.29. The highest BCUT2D eigenvalue weighted by molar-refractivity contribution is 9.09. The molecule has 1 heterocycles. The number of rotatable bonds is 1. The lowest BCUT2D eigenvalue weighted by atomic mass is 10.2. The van der Waals surface area contributed by atoms with Crippen molar-refractivity contribution in [2.75, 3.05) is 6.54 Å². The molecule has 60 valence electrons. The fraction of sp³-hybridized carbons (Fsp3) is 1.00. The smallest absolute Gasteiger partial charge is 0.0905 e. The van der Waals surface area contributed by atoms with Gasteiger partial charge in [-0.25, -0.2) is 0 Å². The molecule has 0 aliphatic carbocycles. The maximum absolute atomic E-state index is 5.52. The van der Waals surface area contributed by atoms with Crippen molar-refractivity contribution in [2.45, 2.75) is 37.7 Å². The lowest BCUT2D eigenvalue weighted by molar-refractivity contribution is -0.151. The van der Waals surface area contributed by atoms with Gasteiger partial charge in [0.05, 0.1) is 10.9 Å². The van der Waals surface area contributed by atoms with Crippen molar-refractivity contribution >= 4 is 15.9 Å². The van der Waals surface area contributed by atoms with E-state index in [0.717, 1.165) is 6.54 Å². The first kappa shape index (κ1) is 8.50. The molecule has 0 aromatic carbocycles. The Kier molecular flexibility index (Phi) is 2.72. The van der Waals surface area contributed by atoms with E-state index < -0.39 is 0 Å². The molecule has 0 spiro atoms. The first-order valence-electron chi connectivity index (χ1n) is 3.74. The van der Waals surface area contributed by atoms with Crippen LogP contribution in [0, 0.1) is 0 Å². The lowest BCUT2D eigenvalue weighted by Gasteiger charge is -2.16. The van der Waals surface area contributed by atoms with Crippen LogP contribution in [-0.2, 0) is 4.84 Å². The van der Waals surface area contributed by atoms with Gasteiger partial charge in [-0.05, 0) is 13.8 Å². The van der Waals surface area contributed by atoms with E-state index in [9.17, 15) is 0 Å². The molecule has 0 amide bonds. The SMILES string of the molecule is CCN1OC(C)C(Br)C1C. The van der Waals surface area contributed by atoms with Crippen molar-refractivity contribution in [1.29, 1.82) is 0 Å². The van der Waals surface area contributed by atoms with Gasteiger partial charge in [0.1, 0.15) is 0 Å². The zero-order chi connectivity index (χ0) is 7.72. The van der Waals surface area contributed by atoms with Crippen molar-refractivity contribution in [3.05, 3.63) is 0 Å². The van der Waals surface area contributed by atoms with E-state index in [4.69, 9.17) is 4.84 Å². The summed E-state index contributed by atoms with van der Waals surface area (Å²) in [7, 11) is 0. The minimum Gasteiger partial charge on any atom is -0.294 e. The van der Waals surface area contributed by atoms with E-state index in [0.29, 0.717) is 17.0 Å². The second kappa shape index (κ2) is 3.20. The third-order valence-electron chi connectivity index (χ3n) is 1.98. The predicted molar refractivity (Wildman–Crippen MR) is 45.1 cm³/mol. The second-order valence-corrected chi connectivity index (χ2v) is 3.79. The maximum atomic E-state index is 5.52. The maximum Gasteiger partial charge on any atom is 0.0905 e. The predicted octanol–water partition coefficient (Wildman–Crippen LogP) is 1.79. The van der Waals surface area contributed by atoms with Crippen LogP contribution in [0.5, 0.6) is 0 Å². The summed E-state index contributed by atoms with van der Waals surface area (Å²) in [5, 5.41) is 2.02. The van der Waals surface area contributed by atoms with Gasteiger partial charge >= 0.3 is 0 Å². The van der Waals surface area contributed by atoms with E-state index in [1.54, 1.807) is 0 Å². The quantitative estimate of drug-likeness (QED) is 0.609. The van der Waals surface area contributed by atoms with Crippen LogP contribution in [0.15, 0.2) is 0 Å². The molecule has 3 atom stereocenters. The Balaban J connectivity index is 2.53. The van der Waals surface area contributed by atoms with Gasteiger partial charge < -0.3 is 0 Å². The highest BCUT2D eigenvalue weighted by Crippen LogP contribution is 2.26. The molecule has 1 saturated heterocycles. The first-order valence-corrected chi connectivity index (χ1v) is 4.66. The Bertz CT molecular complexity index is 120. The monoisotopic (exact) mass is 207 g/mol. The number of nitrogens with zero attached hydrogens (tertiary/aromatic N) is 1. The summed E-state index contributed by atoms with van der Waals surface area (Å²) in [5.41, 5.74) is 0. The zero-order valence-electron chi connectivity index (χ0n) is 6.67. The van der Waals surface area contributed by atoms with Gasteiger partial charge in [-0.1, -0.05) is 22.9 Å². The van der Waals surface area contributed by atoms with Crippen LogP contribution >= 0.6 is 15.9 Å². The van der Waals surface area contributed by atoms with E-state index in [1.807, 2.05) is 5.06 Å². The molecule has 0 aromatic rings. The minimum atomic E-state index is 0.315. The number of hydrogen-bond donors (Lipinski definition) is 0. The highest BCUT2D eigenvalue weighted by atomic mass is 79.9. The molecule has 0 N–H and O–H groups in total. The van der Waals surface area contributed by atoms with Crippen molar-refractivity contribution in [3.63, 3.8) is 0 Å². The van der Waals surface area contributed by atoms with Gasteiger partial charge in [0.2, 0.25) is 0 Å². The normalized spacial score (nSPS) is 42.6. The summed E-state index contributed by atoms with van der Waals surface area (Å²) in [6.07, 6.45) is 0.315. The van der Waals surface area contributed by atoms with E-state index in [1.165, 1.54) is 0 Å². The average Bonchev–Trinajstić information content (AvgIpc) is 2.17. The Morgan fingerprint density at radius 1 is 1.50 bits per heavy atom. The minimum absolute atomic E-state index is 0.315. The van der Waals surface area contributed by atoms with E-state index >= 15 is 0 Å². The Morgan fingerprint density at radius 3 is 2.30 bits per heavy atom. The fourth-order valence-electron chi connectivity index (χ4n) is 1.28. The number of alkyl halides is 1. The summed E-state index contributed by atoms with van der Waals surface area (Å²) < 4.78 is 0. The largest absolute Gasteiger partial charge is 0.294 e. The van der Waals surface area contributed by atoms with Crippen LogP contribution in [0.4, 0.5) is 0 Å². The van der Waals surface area contributed by atoms with Crippen LogP contribution in [0.25, 0.3) is 0 Å². The molecule has 0 radical (unpaired) electrons. The number of hydrogen-bond acceptors (Lipinski definition) is 2. The molecule has 1 aliphatic rings. The fourth-order valence-corrected chi connectivity index (χ4v) is 1.64. The van der Waals surface area contributed by atoms with Crippen LogP contribution in [0.1, 0.15) is 20.8 Å². The molecule has 1 aliphatic heterocycles. The molecule has 3 heteroatoms. The average molecular weight is 208 g/mol. The van der Waals surface area contributed by atoms with Crippen molar-refractivity contribution < 1.29 is 4.84 Å². The Hall–Kier alpha value is 0.400. The van der Waals surface area contributed by atoms with Gasteiger partial charge in [-0.15, -0.1) is 0 Å². The summed E-state index contributed by atoms with van der Waals surface area (Å²) in [5.74, 6) is 0. The van der Waals surface area contributed by atoms with Crippen LogP contribution < -0.4 is 0 Å². The molecule has 2 nitrogen and oxygen atoms in total. The first-order chi connectivity index (χ1) is 4.66. The molecular formula is C7H14BrNO. The van der Waals surface area contributed by atoms with Crippen molar-refractivity contribution in [3.8, 4) is 0 Å². The summed E-state index contributed by atoms with van der Waals surface area (Å²) in [6, 6.07) is 0.500. The van der Waals surface area contributed by atoms with Gasteiger partial charge in [0.15, 0.2) is 0 Å². The molecule has 0 aromatic heterocycles. The van der Waals surface area contributed by atoms with Crippen LogP contribution in [-0.4, -0.2) is 28.6 Å².